The first kappa shape index (κ1) is 49.8. The first-order valence-corrected chi connectivity index (χ1v) is 22.8. The Bertz CT molecular complexity index is 2500. The zero-order valence-corrected chi connectivity index (χ0v) is 37.3. The molecular weight excluding hydrogens is 879 g/mol. The van der Waals surface area contributed by atoms with Crippen molar-refractivity contribution in [2.24, 2.45) is 10.2 Å². The predicted octanol–water partition coefficient (Wildman–Crippen LogP) is 4.00. The van der Waals surface area contributed by atoms with Gasteiger partial charge >= 0.3 is 0 Å². The molecule has 4 aromatic carbocycles. The van der Waals surface area contributed by atoms with Crippen LogP contribution in [0.5, 0.6) is 0 Å². The Kier molecular flexibility index (Phi) is 17.9. The molecule has 0 amide bonds. The maximum atomic E-state index is 13.2. The maximum Gasteiger partial charge on any atom is 0.295 e. The Morgan fingerprint density at radius 1 is 0.879 bits per heavy atom. The van der Waals surface area contributed by atoms with Gasteiger partial charge in [-0.2, -0.15) is 18.6 Å². The molecule has 0 aliphatic carbocycles. The van der Waals surface area contributed by atoms with E-state index in [0.717, 1.165) is 11.4 Å². The number of carbonyl (C=O) groups excluding carboxylic acids is 2. The lowest BCUT2D eigenvalue weighted by Crippen LogP contribution is -2.59. The summed E-state index contributed by atoms with van der Waals surface area (Å²) in [7, 11) is -0.520. The highest BCUT2D eigenvalue weighted by Crippen LogP contribution is 2.29. The number of ketones is 2. The van der Waals surface area contributed by atoms with Gasteiger partial charge in [-0.05, 0) is 67.1 Å². The molecule has 1 fully saturated rings. The highest BCUT2D eigenvalue weighted by molar-refractivity contribution is 7.86. The number of azo groups is 1. The lowest BCUT2D eigenvalue weighted by molar-refractivity contribution is -0.337. The predicted molar refractivity (Wildman–Crippen MR) is 241 cm³/mol. The zero-order valence-electron chi connectivity index (χ0n) is 36.5. The van der Waals surface area contributed by atoms with Gasteiger partial charge in [-0.25, -0.2) is 4.68 Å². The van der Waals surface area contributed by atoms with Gasteiger partial charge in [-0.15, -0.1) is 5.10 Å². The summed E-state index contributed by atoms with van der Waals surface area (Å²) in [5.41, 5.74) is 4.18. The molecular formula is C45H55N7O13S. The summed E-state index contributed by atoms with van der Waals surface area (Å²) in [5, 5.41) is 61.6. The largest absolute Gasteiger partial charge is 0.394 e. The number of nitrogens with zero attached hydrogens (tertiary/aromatic N) is 6. The lowest BCUT2D eigenvalue weighted by Gasteiger charge is -2.40. The van der Waals surface area contributed by atoms with Gasteiger partial charge in [0.2, 0.25) is 0 Å². The van der Waals surface area contributed by atoms with Gasteiger partial charge in [0.05, 0.1) is 56.5 Å². The molecule has 1 aliphatic rings. The van der Waals surface area contributed by atoms with Crippen LogP contribution in [0.25, 0.3) is 10.8 Å². The highest BCUT2D eigenvalue weighted by Gasteiger charge is 2.45. The summed E-state index contributed by atoms with van der Waals surface area (Å²) in [6.07, 6.45) is -6.59. The second kappa shape index (κ2) is 23.7. The number of ether oxygens (including phenoxy) is 4. The van der Waals surface area contributed by atoms with Crippen LogP contribution in [0.3, 0.4) is 0 Å². The molecule has 5 aromatic rings. The molecule has 1 aromatic heterocycles. The molecule has 1 unspecified atom stereocenters. The van der Waals surface area contributed by atoms with Crippen molar-refractivity contribution >= 4 is 55.2 Å². The van der Waals surface area contributed by atoms with E-state index in [1.54, 1.807) is 59.4 Å². The van der Waals surface area contributed by atoms with Gasteiger partial charge in [0, 0.05) is 73.8 Å². The van der Waals surface area contributed by atoms with E-state index in [-0.39, 0.29) is 55.5 Å². The fourth-order valence-corrected chi connectivity index (χ4v) is 7.73. The number of carbonyl (C=O) groups is 2. The number of fused-ring (bicyclic) bond motifs is 1. The molecule has 1 saturated heterocycles. The summed E-state index contributed by atoms with van der Waals surface area (Å²) in [4.78, 5) is 27.8. The lowest BCUT2D eigenvalue weighted by atomic mass is 9.99. The van der Waals surface area contributed by atoms with Crippen LogP contribution in [-0.4, -0.2) is 144 Å². The number of rotatable bonds is 25. The van der Waals surface area contributed by atoms with E-state index in [2.05, 4.69) is 25.9 Å². The summed E-state index contributed by atoms with van der Waals surface area (Å²) >= 11 is 0. The van der Waals surface area contributed by atoms with Crippen LogP contribution in [0, 0.1) is 0 Å². The Balaban J connectivity index is 0.930. The third-order valence-corrected chi connectivity index (χ3v) is 11.6. The number of benzene rings is 4. The summed E-state index contributed by atoms with van der Waals surface area (Å²) in [5.74, 6) is -0.331. The fourth-order valence-electron chi connectivity index (χ4n) is 7.03. The van der Waals surface area contributed by atoms with Gasteiger partial charge in [0.1, 0.15) is 35.1 Å². The van der Waals surface area contributed by atoms with Crippen LogP contribution in [0.2, 0.25) is 0 Å². The van der Waals surface area contributed by atoms with E-state index >= 15 is 0 Å². The van der Waals surface area contributed by atoms with E-state index < -0.39 is 53.7 Å². The number of aliphatic hydroxyl groups excluding tert-OH is 4. The molecule has 6 N–H and O–H groups in total. The minimum Gasteiger partial charge on any atom is -0.394 e. The van der Waals surface area contributed by atoms with Gasteiger partial charge in [-0.3, -0.25) is 14.1 Å². The first-order valence-electron chi connectivity index (χ1n) is 21.3. The quantitative estimate of drug-likeness (QED) is 0.0159. The van der Waals surface area contributed by atoms with Crippen molar-refractivity contribution in [1.82, 2.24) is 15.0 Å². The Morgan fingerprint density at radius 2 is 1.58 bits per heavy atom. The standard InChI is InChI=1S/C45H55N7O13S/c1-51(2)33-18-15-31(16-19-33)48-47-30-13-11-29(12-14-30)38(55)20-17-32-27-52(50-49-32)22-23-62-24-25-63-41(65-45-44(58)43(57)42(56)39(28-53)64-45)26-34(54)6-5-21-46-37-9-3-8-36-35(37)7-4-10-40(36)66(59,60)61/h3-4,7-16,18-19,27,39,41-46,53,56-58H,5-6,17,20-26,28H2,1-2H3,(H,59,60,61)/t39-,41?,42-,43+,44-,45+/m1/s1. The van der Waals surface area contributed by atoms with Crippen molar-refractivity contribution in [3.8, 4) is 0 Å². The van der Waals surface area contributed by atoms with Crippen LogP contribution >= 0.6 is 0 Å². The minimum absolute atomic E-state index is 0.0526. The molecule has 21 heteroatoms. The Morgan fingerprint density at radius 3 is 2.27 bits per heavy atom. The average molecular weight is 934 g/mol. The molecule has 66 heavy (non-hydrogen) atoms. The van der Waals surface area contributed by atoms with Crippen molar-refractivity contribution < 1.29 is 61.9 Å². The van der Waals surface area contributed by atoms with Crippen molar-refractivity contribution in [1.29, 1.82) is 0 Å². The second-order valence-corrected chi connectivity index (χ2v) is 17.1. The van der Waals surface area contributed by atoms with Crippen molar-refractivity contribution in [3.63, 3.8) is 0 Å². The number of Topliss-reactive ketones (excluding diaryl/α,β-unsaturated/α-hetero) is 2. The number of anilines is 2. The molecule has 2 heterocycles. The van der Waals surface area contributed by atoms with Crippen LogP contribution in [0.1, 0.15) is 41.7 Å². The van der Waals surface area contributed by atoms with E-state index in [1.165, 1.54) is 12.1 Å². The maximum absolute atomic E-state index is 13.2. The van der Waals surface area contributed by atoms with Crippen molar-refractivity contribution in [2.75, 3.05) is 57.3 Å². The normalized spacial score (nSPS) is 19.3. The van der Waals surface area contributed by atoms with Gasteiger partial charge in [-0.1, -0.05) is 29.5 Å². The van der Waals surface area contributed by atoms with E-state index in [9.17, 15) is 43.0 Å². The van der Waals surface area contributed by atoms with Gasteiger partial charge in [0.15, 0.2) is 18.4 Å². The topological polar surface area (TPSA) is 277 Å². The molecule has 1 aliphatic heterocycles. The summed E-state index contributed by atoms with van der Waals surface area (Å²) < 4.78 is 57.8. The number of aromatic nitrogens is 3. The number of hydrogen-bond acceptors (Lipinski definition) is 18. The SMILES string of the molecule is CN(C)c1ccc(N=Nc2ccc(C(=O)CCc3cn(CCOCCOC(CC(=O)CCCNc4cccc5c(S(=O)(=O)O)cccc45)O[C@@H]4O[C@H](CO)[C@@H](O)[C@H](O)[C@H]4O)nn3)cc2)cc1. The molecule has 6 rings (SSSR count). The molecule has 0 spiro atoms. The van der Waals surface area contributed by atoms with Crippen LogP contribution in [-0.2, 0) is 46.8 Å². The highest BCUT2D eigenvalue weighted by atomic mass is 32.2. The van der Waals surface area contributed by atoms with E-state index in [4.69, 9.17) is 18.9 Å². The van der Waals surface area contributed by atoms with Gasteiger partial charge in [0.25, 0.3) is 10.1 Å². The molecule has 6 atom stereocenters. The van der Waals surface area contributed by atoms with Crippen LogP contribution in [0.15, 0.2) is 106 Å². The van der Waals surface area contributed by atoms with Gasteiger partial charge < -0.3 is 49.6 Å². The summed E-state index contributed by atoms with van der Waals surface area (Å²) in [6.45, 7) is 0.229. The smallest absolute Gasteiger partial charge is 0.295 e. The second-order valence-electron chi connectivity index (χ2n) is 15.7. The van der Waals surface area contributed by atoms with Crippen molar-refractivity contribution in [2.45, 2.75) is 80.5 Å². The monoisotopic (exact) mass is 933 g/mol. The number of hydrogen-bond donors (Lipinski definition) is 6. The van der Waals surface area contributed by atoms with Crippen LogP contribution < -0.4 is 10.2 Å². The van der Waals surface area contributed by atoms with E-state index in [1.807, 2.05) is 43.3 Å². The molecule has 0 saturated carbocycles. The van der Waals surface area contributed by atoms with E-state index in [0.29, 0.717) is 59.3 Å². The first-order chi connectivity index (χ1) is 31.7. The third kappa shape index (κ3) is 14.0. The molecule has 0 bridgehead atoms. The zero-order chi connectivity index (χ0) is 47.2. The number of aliphatic hydroxyl groups is 4. The minimum atomic E-state index is -4.45. The average Bonchev–Trinajstić information content (AvgIpc) is 3.77. The van der Waals surface area contributed by atoms with Crippen molar-refractivity contribution in [3.05, 3.63) is 102 Å². The molecule has 354 valence electrons. The van der Waals surface area contributed by atoms with Crippen LogP contribution in [0.4, 0.5) is 22.7 Å². The number of aryl methyl sites for hydroxylation is 1. The third-order valence-electron chi connectivity index (χ3n) is 10.7. The summed E-state index contributed by atoms with van der Waals surface area (Å²) in [6, 6.07) is 24.1. The Hall–Kier alpha value is -5.59. The number of nitrogens with one attached hydrogen (secondary N) is 1. The fraction of sp³-hybridized carbons (Fsp3) is 0.422. The Labute approximate surface area is 381 Å². The molecule has 0 radical (unpaired) electrons. The molecule has 20 nitrogen and oxygen atoms in total.